The Bertz CT molecular complexity index is 1060. The van der Waals surface area contributed by atoms with Crippen LogP contribution in [0.3, 0.4) is 0 Å². The van der Waals surface area contributed by atoms with Crippen LogP contribution >= 0.6 is 0 Å². The number of para-hydroxylation sites is 1. The third kappa shape index (κ3) is 4.09. The van der Waals surface area contributed by atoms with Crippen LogP contribution in [0.4, 0.5) is 0 Å². The first-order chi connectivity index (χ1) is 14.0. The minimum Gasteiger partial charge on any atom is -0.484 e. The molecule has 0 bridgehead atoms. The van der Waals surface area contributed by atoms with E-state index >= 15 is 0 Å². The summed E-state index contributed by atoms with van der Waals surface area (Å²) >= 11 is 0. The summed E-state index contributed by atoms with van der Waals surface area (Å²) in [7, 11) is 0. The van der Waals surface area contributed by atoms with Crippen molar-refractivity contribution in [2.75, 3.05) is 6.61 Å². The van der Waals surface area contributed by atoms with E-state index in [4.69, 9.17) is 4.74 Å². The zero-order chi connectivity index (χ0) is 20.4. The monoisotopic (exact) mass is 394 g/mol. The molecule has 1 unspecified atom stereocenters. The van der Waals surface area contributed by atoms with Gasteiger partial charge in [0.1, 0.15) is 11.8 Å². The van der Waals surface area contributed by atoms with Gasteiger partial charge in [0.2, 0.25) is 0 Å². The van der Waals surface area contributed by atoms with Crippen molar-refractivity contribution in [3.05, 3.63) is 65.4 Å². The Labute approximate surface area is 167 Å². The molecule has 2 atom stereocenters. The molecule has 0 saturated heterocycles. The molecule has 0 spiro atoms. The Morgan fingerprint density at radius 1 is 1.24 bits per heavy atom. The number of carboxylic acids is 1. The lowest BCUT2D eigenvalue weighted by atomic mass is 10.1. The number of aryl methyl sites for hydroxylation is 1. The number of aliphatic hydroxyl groups is 1. The molecule has 1 aromatic heterocycles. The van der Waals surface area contributed by atoms with Crippen molar-refractivity contribution in [2.24, 2.45) is 0 Å². The van der Waals surface area contributed by atoms with Crippen molar-refractivity contribution in [3.63, 3.8) is 0 Å². The number of nitrogens with one attached hydrogen (secondary N) is 2. The van der Waals surface area contributed by atoms with Gasteiger partial charge in [0.25, 0.3) is 5.91 Å². The number of H-pyrrole nitrogens is 1. The molecule has 1 aliphatic rings. The van der Waals surface area contributed by atoms with Gasteiger partial charge in [-0.25, -0.2) is 4.79 Å². The molecule has 0 aliphatic heterocycles. The molecule has 1 heterocycles. The number of aliphatic hydroxyl groups excluding tert-OH is 1. The minimum atomic E-state index is -1.11. The van der Waals surface area contributed by atoms with Crippen LogP contribution in [0.15, 0.2) is 48.7 Å². The van der Waals surface area contributed by atoms with E-state index in [1.54, 1.807) is 18.3 Å². The van der Waals surface area contributed by atoms with Crippen molar-refractivity contribution in [2.45, 2.75) is 31.4 Å². The Hall–Kier alpha value is -3.32. The average Bonchev–Trinajstić information content (AvgIpc) is 3.29. The van der Waals surface area contributed by atoms with Crippen LogP contribution in [-0.4, -0.2) is 39.7 Å². The van der Waals surface area contributed by atoms with E-state index in [1.165, 1.54) is 0 Å². The van der Waals surface area contributed by atoms with Crippen LogP contribution in [0.5, 0.6) is 5.75 Å². The Morgan fingerprint density at radius 2 is 2.07 bits per heavy atom. The minimum absolute atomic E-state index is 0.163. The van der Waals surface area contributed by atoms with Crippen LogP contribution in [0.2, 0.25) is 0 Å². The smallest absolute Gasteiger partial charge is 0.326 e. The van der Waals surface area contributed by atoms with Crippen LogP contribution in [0, 0.1) is 0 Å². The van der Waals surface area contributed by atoms with E-state index in [9.17, 15) is 19.8 Å². The van der Waals surface area contributed by atoms with Gasteiger partial charge in [0, 0.05) is 23.5 Å². The molecule has 7 nitrogen and oxygen atoms in total. The highest BCUT2D eigenvalue weighted by atomic mass is 16.5. The van der Waals surface area contributed by atoms with E-state index in [-0.39, 0.29) is 13.0 Å². The summed E-state index contributed by atoms with van der Waals surface area (Å²) in [5.74, 6) is -1.15. The number of benzene rings is 2. The fraction of sp³-hybridized carbons (Fsp3) is 0.273. The Morgan fingerprint density at radius 3 is 2.90 bits per heavy atom. The predicted molar refractivity (Wildman–Crippen MR) is 107 cm³/mol. The van der Waals surface area contributed by atoms with Gasteiger partial charge in [-0.15, -0.1) is 0 Å². The van der Waals surface area contributed by atoms with E-state index in [0.717, 1.165) is 34.0 Å². The molecule has 29 heavy (non-hydrogen) atoms. The largest absolute Gasteiger partial charge is 0.484 e. The van der Waals surface area contributed by atoms with E-state index in [0.29, 0.717) is 12.2 Å². The molecule has 2 aromatic carbocycles. The zero-order valence-electron chi connectivity index (χ0n) is 15.7. The van der Waals surface area contributed by atoms with Crippen LogP contribution < -0.4 is 10.1 Å². The fourth-order valence-corrected chi connectivity index (χ4v) is 3.75. The van der Waals surface area contributed by atoms with Crippen LogP contribution in [0.1, 0.15) is 29.2 Å². The number of carboxylic acid groups (broad SMARTS) is 1. The lowest BCUT2D eigenvalue weighted by Crippen LogP contribution is -2.44. The SMILES string of the molecule is O=C(COc1ccc2c(c1)C(O)CC2)N[C@@H](Cc1c[nH]c2ccccc12)C(=O)O. The maximum atomic E-state index is 12.3. The van der Waals surface area contributed by atoms with Gasteiger partial charge in [0.15, 0.2) is 6.61 Å². The predicted octanol–water partition coefficient (Wildman–Crippen LogP) is 2.34. The second-order valence-corrected chi connectivity index (χ2v) is 7.23. The molecule has 150 valence electrons. The van der Waals surface area contributed by atoms with E-state index in [1.807, 2.05) is 30.3 Å². The van der Waals surface area contributed by atoms with Gasteiger partial charge < -0.3 is 25.3 Å². The number of aliphatic carboxylic acids is 1. The van der Waals surface area contributed by atoms with E-state index < -0.39 is 24.0 Å². The number of carbonyl (C=O) groups excluding carboxylic acids is 1. The maximum absolute atomic E-state index is 12.3. The number of hydrogen-bond acceptors (Lipinski definition) is 4. The number of ether oxygens (including phenoxy) is 1. The first-order valence-corrected chi connectivity index (χ1v) is 9.52. The third-order valence-electron chi connectivity index (χ3n) is 5.27. The molecule has 7 heteroatoms. The lowest BCUT2D eigenvalue weighted by Gasteiger charge is -2.15. The summed E-state index contributed by atoms with van der Waals surface area (Å²) in [4.78, 5) is 27.0. The van der Waals surface area contributed by atoms with Crippen molar-refractivity contribution in [3.8, 4) is 5.75 Å². The van der Waals surface area contributed by atoms with Gasteiger partial charge >= 0.3 is 5.97 Å². The highest BCUT2D eigenvalue weighted by Gasteiger charge is 2.23. The molecular weight excluding hydrogens is 372 g/mol. The number of carbonyl (C=O) groups is 2. The molecule has 0 fully saturated rings. The highest BCUT2D eigenvalue weighted by Crippen LogP contribution is 2.33. The maximum Gasteiger partial charge on any atom is 0.326 e. The molecule has 4 N–H and O–H groups in total. The topological polar surface area (TPSA) is 112 Å². The Balaban J connectivity index is 1.38. The van der Waals surface area contributed by atoms with Gasteiger partial charge in [-0.05, 0) is 47.7 Å². The number of hydrogen-bond donors (Lipinski definition) is 4. The summed E-state index contributed by atoms with van der Waals surface area (Å²) < 4.78 is 5.51. The van der Waals surface area contributed by atoms with Gasteiger partial charge in [-0.1, -0.05) is 24.3 Å². The standard InChI is InChI=1S/C22H22N2O5/c25-20-8-6-13-5-7-15(10-17(13)20)29-12-21(26)24-19(22(27)28)9-14-11-23-18-4-2-1-3-16(14)18/h1-5,7,10-11,19-20,23,25H,6,8-9,12H2,(H,24,26)(H,27,28)/t19-,20?/m0/s1. The molecule has 0 radical (unpaired) electrons. The van der Waals surface area contributed by atoms with E-state index in [2.05, 4.69) is 10.3 Å². The number of aromatic nitrogens is 1. The quantitative estimate of drug-likeness (QED) is 0.491. The second kappa shape index (κ2) is 7.97. The molecular formula is C22H22N2O5. The number of amides is 1. The average molecular weight is 394 g/mol. The van der Waals surface area contributed by atoms with Gasteiger partial charge in [-0.3, -0.25) is 4.79 Å². The first kappa shape index (κ1) is 19.0. The number of fused-ring (bicyclic) bond motifs is 2. The van der Waals surface area contributed by atoms with Crippen molar-refractivity contribution in [1.29, 1.82) is 0 Å². The van der Waals surface area contributed by atoms with Gasteiger partial charge in [-0.2, -0.15) is 0 Å². The lowest BCUT2D eigenvalue weighted by molar-refractivity contribution is -0.142. The zero-order valence-corrected chi connectivity index (χ0v) is 15.7. The van der Waals surface area contributed by atoms with Crippen molar-refractivity contribution < 1.29 is 24.5 Å². The molecule has 1 aliphatic carbocycles. The summed E-state index contributed by atoms with van der Waals surface area (Å²) in [6.07, 6.45) is 2.93. The summed E-state index contributed by atoms with van der Waals surface area (Å²) in [6, 6.07) is 11.9. The number of aromatic amines is 1. The van der Waals surface area contributed by atoms with Gasteiger partial charge in [0.05, 0.1) is 6.10 Å². The normalized spacial score (nSPS) is 16.4. The Kier molecular flexibility index (Phi) is 5.22. The summed E-state index contributed by atoms with van der Waals surface area (Å²) in [5, 5.41) is 22.9. The van der Waals surface area contributed by atoms with Crippen LogP contribution in [-0.2, 0) is 22.4 Å². The van der Waals surface area contributed by atoms with Crippen LogP contribution in [0.25, 0.3) is 10.9 Å². The van der Waals surface area contributed by atoms with Crippen molar-refractivity contribution >= 4 is 22.8 Å². The molecule has 4 rings (SSSR count). The third-order valence-corrected chi connectivity index (χ3v) is 5.27. The molecule has 3 aromatic rings. The number of rotatable bonds is 7. The summed E-state index contributed by atoms with van der Waals surface area (Å²) in [5.41, 5.74) is 3.64. The molecule has 1 amide bonds. The summed E-state index contributed by atoms with van der Waals surface area (Å²) in [6.45, 7) is -0.299. The first-order valence-electron chi connectivity index (χ1n) is 9.52. The second-order valence-electron chi connectivity index (χ2n) is 7.23. The highest BCUT2D eigenvalue weighted by molar-refractivity contribution is 5.87. The molecule has 0 saturated carbocycles. The fourth-order valence-electron chi connectivity index (χ4n) is 3.75. The van der Waals surface area contributed by atoms with Crippen molar-refractivity contribution in [1.82, 2.24) is 10.3 Å².